The minimum Gasteiger partial charge on any atom is -0.411 e. The van der Waals surface area contributed by atoms with Crippen molar-refractivity contribution in [2.45, 2.75) is 23.9 Å². The Kier molecular flexibility index (Phi) is 6.19. The Bertz CT molecular complexity index is 917. The number of halogens is 2. The van der Waals surface area contributed by atoms with Gasteiger partial charge in [-0.2, -0.15) is 0 Å². The lowest BCUT2D eigenvalue weighted by Gasteiger charge is -2.10. The van der Waals surface area contributed by atoms with Gasteiger partial charge in [-0.1, -0.05) is 59.2 Å². The number of benzene rings is 2. The summed E-state index contributed by atoms with van der Waals surface area (Å²) in [7, 11) is 0. The molecule has 0 radical (unpaired) electrons. The van der Waals surface area contributed by atoms with Gasteiger partial charge >= 0.3 is 0 Å². The standard InChI is InChI=1S/C18H15Cl2N3O2S/c1-11(16(24)21-10-13-5-2-3-8-15(13)20)26-18-23-22-17(25-18)12-6-4-7-14(19)9-12/h2-9,11H,10H2,1H3,(H,21,24)/t11-/m0/s1. The van der Waals surface area contributed by atoms with E-state index in [-0.39, 0.29) is 5.91 Å². The molecule has 0 spiro atoms. The van der Waals surface area contributed by atoms with Crippen LogP contribution in [0.4, 0.5) is 0 Å². The minimum atomic E-state index is -0.398. The summed E-state index contributed by atoms with van der Waals surface area (Å²) < 4.78 is 5.61. The highest BCUT2D eigenvalue weighted by molar-refractivity contribution is 8.00. The van der Waals surface area contributed by atoms with Crippen LogP contribution in [0, 0.1) is 0 Å². The Labute approximate surface area is 165 Å². The second-order valence-corrected chi connectivity index (χ2v) is 7.59. The number of thioether (sulfide) groups is 1. The van der Waals surface area contributed by atoms with Crippen LogP contribution in [0.25, 0.3) is 11.5 Å². The van der Waals surface area contributed by atoms with Crippen molar-refractivity contribution in [2.75, 3.05) is 0 Å². The lowest BCUT2D eigenvalue weighted by molar-refractivity contribution is -0.120. The van der Waals surface area contributed by atoms with Gasteiger partial charge in [0.2, 0.25) is 11.8 Å². The highest BCUT2D eigenvalue weighted by atomic mass is 35.5. The molecule has 26 heavy (non-hydrogen) atoms. The molecule has 1 aromatic heterocycles. The maximum absolute atomic E-state index is 12.3. The topological polar surface area (TPSA) is 68.0 Å². The van der Waals surface area contributed by atoms with Gasteiger partial charge in [-0.25, -0.2) is 0 Å². The molecule has 134 valence electrons. The molecule has 2 aromatic carbocycles. The van der Waals surface area contributed by atoms with Crippen molar-refractivity contribution < 1.29 is 9.21 Å². The zero-order valence-electron chi connectivity index (χ0n) is 13.8. The van der Waals surface area contributed by atoms with E-state index in [9.17, 15) is 4.79 Å². The molecule has 0 fully saturated rings. The molecule has 0 aliphatic carbocycles. The number of amides is 1. The van der Waals surface area contributed by atoms with E-state index in [1.165, 1.54) is 11.8 Å². The molecule has 0 aliphatic rings. The van der Waals surface area contributed by atoms with E-state index in [4.69, 9.17) is 27.6 Å². The Morgan fingerprint density at radius 3 is 2.77 bits per heavy atom. The summed E-state index contributed by atoms with van der Waals surface area (Å²) in [6.07, 6.45) is 0. The predicted octanol–water partition coefficient (Wildman–Crippen LogP) is 4.84. The molecule has 0 saturated heterocycles. The number of nitrogens with zero attached hydrogens (tertiary/aromatic N) is 2. The highest BCUT2D eigenvalue weighted by Gasteiger charge is 2.19. The van der Waals surface area contributed by atoms with Crippen LogP contribution in [-0.2, 0) is 11.3 Å². The van der Waals surface area contributed by atoms with Gasteiger partial charge in [0.05, 0.1) is 5.25 Å². The fourth-order valence-electron chi connectivity index (χ4n) is 2.17. The van der Waals surface area contributed by atoms with Crippen molar-refractivity contribution >= 4 is 40.9 Å². The van der Waals surface area contributed by atoms with Crippen LogP contribution in [0.15, 0.2) is 58.2 Å². The summed E-state index contributed by atoms with van der Waals surface area (Å²) >= 11 is 13.2. The summed E-state index contributed by atoms with van der Waals surface area (Å²) in [6.45, 7) is 2.14. The summed E-state index contributed by atoms with van der Waals surface area (Å²) in [5.41, 5.74) is 1.59. The molecule has 0 aliphatic heterocycles. The van der Waals surface area contributed by atoms with Crippen LogP contribution in [0.2, 0.25) is 10.0 Å². The molecular formula is C18H15Cl2N3O2S. The first kappa shape index (κ1) is 18.8. The van der Waals surface area contributed by atoms with Crippen LogP contribution in [0.3, 0.4) is 0 Å². The SMILES string of the molecule is C[C@H](Sc1nnc(-c2cccc(Cl)c2)o1)C(=O)NCc1ccccc1Cl. The monoisotopic (exact) mass is 407 g/mol. The maximum Gasteiger partial charge on any atom is 0.277 e. The third-order valence-electron chi connectivity index (χ3n) is 3.54. The number of carbonyl (C=O) groups is 1. The van der Waals surface area contributed by atoms with Gasteiger partial charge in [0, 0.05) is 22.2 Å². The second kappa shape index (κ2) is 8.58. The Hall–Kier alpha value is -2.02. The van der Waals surface area contributed by atoms with E-state index in [1.54, 1.807) is 31.2 Å². The fourth-order valence-corrected chi connectivity index (χ4v) is 3.27. The first-order chi connectivity index (χ1) is 12.5. The number of aromatic nitrogens is 2. The van der Waals surface area contributed by atoms with Gasteiger partial charge in [-0.05, 0) is 36.8 Å². The first-order valence-electron chi connectivity index (χ1n) is 7.80. The minimum absolute atomic E-state index is 0.141. The van der Waals surface area contributed by atoms with Gasteiger partial charge in [0.15, 0.2) is 0 Å². The average Bonchev–Trinajstić information content (AvgIpc) is 3.09. The Morgan fingerprint density at radius 2 is 2.00 bits per heavy atom. The smallest absolute Gasteiger partial charge is 0.277 e. The van der Waals surface area contributed by atoms with E-state index in [2.05, 4.69) is 15.5 Å². The highest BCUT2D eigenvalue weighted by Crippen LogP contribution is 2.27. The molecule has 3 aromatic rings. The van der Waals surface area contributed by atoms with Crippen LogP contribution in [-0.4, -0.2) is 21.4 Å². The number of nitrogens with one attached hydrogen (secondary N) is 1. The van der Waals surface area contributed by atoms with Gasteiger partial charge in [-0.15, -0.1) is 10.2 Å². The lowest BCUT2D eigenvalue weighted by atomic mass is 10.2. The fraction of sp³-hybridized carbons (Fsp3) is 0.167. The summed E-state index contributed by atoms with van der Waals surface area (Å²) in [5, 5.41) is 12.0. The van der Waals surface area contributed by atoms with E-state index in [0.29, 0.717) is 27.7 Å². The predicted molar refractivity (Wildman–Crippen MR) is 103 cm³/mol. The molecule has 5 nitrogen and oxygen atoms in total. The molecule has 1 atom stereocenters. The van der Waals surface area contributed by atoms with Gasteiger partial charge in [0.25, 0.3) is 5.22 Å². The molecule has 1 heterocycles. The quantitative estimate of drug-likeness (QED) is 0.591. The molecule has 3 rings (SSSR count). The summed E-state index contributed by atoms with van der Waals surface area (Å²) in [4.78, 5) is 12.3. The van der Waals surface area contributed by atoms with Crippen LogP contribution in [0.5, 0.6) is 0 Å². The maximum atomic E-state index is 12.3. The van der Waals surface area contributed by atoms with Crippen molar-refractivity contribution in [3.05, 3.63) is 64.1 Å². The number of hydrogen-bond acceptors (Lipinski definition) is 5. The molecule has 0 unspecified atom stereocenters. The van der Waals surface area contributed by atoms with Crippen molar-refractivity contribution in [1.29, 1.82) is 0 Å². The average molecular weight is 408 g/mol. The zero-order chi connectivity index (χ0) is 18.5. The van der Waals surface area contributed by atoms with E-state index in [1.807, 2.05) is 24.3 Å². The number of carbonyl (C=O) groups excluding carboxylic acids is 1. The summed E-state index contributed by atoms with van der Waals surface area (Å²) in [5.74, 6) is 0.219. The van der Waals surface area contributed by atoms with Crippen molar-refractivity contribution in [1.82, 2.24) is 15.5 Å². The van der Waals surface area contributed by atoms with Gasteiger partial charge in [0.1, 0.15) is 0 Å². The third kappa shape index (κ3) is 4.78. The van der Waals surface area contributed by atoms with Crippen LogP contribution in [0.1, 0.15) is 12.5 Å². The third-order valence-corrected chi connectivity index (χ3v) is 5.07. The second-order valence-electron chi connectivity index (χ2n) is 5.45. The molecule has 0 bridgehead atoms. The largest absolute Gasteiger partial charge is 0.411 e. The molecule has 8 heteroatoms. The normalized spacial score (nSPS) is 12.0. The van der Waals surface area contributed by atoms with E-state index < -0.39 is 5.25 Å². The van der Waals surface area contributed by atoms with Crippen LogP contribution < -0.4 is 5.32 Å². The Morgan fingerprint density at radius 1 is 1.19 bits per heavy atom. The Balaban J connectivity index is 1.58. The lowest BCUT2D eigenvalue weighted by Crippen LogP contribution is -2.30. The zero-order valence-corrected chi connectivity index (χ0v) is 16.1. The van der Waals surface area contributed by atoms with Crippen molar-refractivity contribution in [3.8, 4) is 11.5 Å². The molecule has 1 amide bonds. The van der Waals surface area contributed by atoms with Gasteiger partial charge < -0.3 is 9.73 Å². The van der Waals surface area contributed by atoms with E-state index >= 15 is 0 Å². The molecular weight excluding hydrogens is 393 g/mol. The molecule has 0 saturated carbocycles. The summed E-state index contributed by atoms with van der Waals surface area (Å²) in [6, 6.07) is 14.5. The van der Waals surface area contributed by atoms with Crippen molar-refractivity contribution in [2.24, 2.45) is 0 Å². The number of hydrogen-bond donors (Lipinski definition) is 1. The molecule has 1 N–H and O–H groups in total. The number of rotatable bonds is 6. The van der Waals surface area contributed by atoms with E-state index in [0.717, 1.165) is 11.1 Å². The van der Waals surface area contributed by atoms with Crippen molar-refractivity contribution in [3.63, 3.8) is 0 Å². The van der Waals surface area contributed by atoms with Crippen LogP contribution >= 0.6 is 35.0 Å². The first-order valence-corrected chi connectivity index (χ1v) is 9.43. The van der Waals surface area contributed by atoms with Gasteiger partial charge in [-0.3, -0.25) is 4.79 Å².